The highest BCUT2D eigenvalue weighted by Crippen LogP contribution is 2.26. The van der Waals surface area contributed by atoms with Crippen LogP contribution in [0, 0.1) is 6.92 Å². The number of aryl methyl sites for hydroxylation is 1. The van der Waals surface area contributed by atoms with Gasteiger partial charge in [0.1, 0.15) is 12.4 Å². The van der Waals surface area contributed by atoms with E-state index in [0.717, 1.165) is 22.0 Å². The third-order valence-corrected chi connectivity index (χ3v) is 4.29. The summed E-state index contributed by atoms with van der Waals surface area (Å²) in [6, 6.07) is 6.08. The minimum Gasteiger partial charge on any atom is -0.487 e. The molecule has 0 spiro atoms. The van der Waals surface area contributed by atoms with Crippen LogP contribution in [-0.2, 0) is 6.61 Å². The summed E-state index contributed by atoms with van der Waals surface area (Å²) in [6.07, 6.45) is 0. The predicted octanol–water partition coefficient (Wildman–Crippen LogP) is 4.17. The number of ether oxygens (including phenoxy) is 1. The summed E-state index contributed by atoms with van der Waals surface area (Å²) in [7, 11) is 0. The number of hydrogen-bond donors (Lipinski definition) is 1. The molecule has 4 heteroatoms. The number of nitrogens with zero attached hydrogens (tertiary/aromatic N) is 1. The number of nitrogens with two attached hydrogens (primary N) is 1. The summed E-state index contributed by atoms with van der Waals surface area (Å²) >= 11 is 1.69. The van der Waals surface area contributed by atoms with Crippen LogP contribution in [0.25, 0.3) is 0 Å². The first-order valence-corrected chi connectivity index (χ1v) is 7.78. The highest BCUT2D eigenvalue weighted by atomic mass is 32.1. The topological polar surface area (TPSA) is 48.1 Å². The van der Waals surface area contributed by atoms with Gasteiger partial charge in [0.15, 0.2) is 0 Å². The zero-order valence-electron chi connectivity index (χ0n) is 12.5. The average Bonchev–Trinajstić information content (AvgIpc) is 2.86. The summed E-state index contributed by atoms with van der Waals surface area (Å²) < 4.78 is 5.90. The molecule has 0 bridgehead atoms. The zero-order chi connectivity index (χ0) is 14.7. The van der Waals surface area contributed by atoms with Crippen LogP contribution in [0.15, 0.2) is 23.6 Å². The van der Waals surface area contributed by atoms with Gasteiger partial charge in [0, 0.05) is 22.9 Å². The molecule has 1 aromatic heterocycles. The van der Waals surface area contributed by atoms with Crippen molar-refractivity contribution < 1.29 is 4.74 Å². The van der Waals surface area contributed by atoms with E-state index in [2.05, 4.69) is 37.2 Å². The second-order valence-electron chi connectivity index (χ2n) is 5.45. The standard InChI is InChI=1S/C16H22N2OS/c1-10(2)16-18-13(9-20-16)8-19-15-6-5-11(3)7-14(15)12(4)17/h5-7,9-10,12H,8,17H2,1-4H3/t12-/m0/s1. The molecule has 0 aliphatic carbocycles. The Hall–Kier alpha value is -1.39. The molecule has 0 unspecified atom stereocenters. The van der Waals surface area contributed by atoms with Crippen LogP contribution in [0.1, 0.15) is 54.6 Å². The molecule has 0 radical (unpaired) electrons. The Morgan fingerprint density at radius 2 is 2.05 bits per heavy atom. The van der Waals surface area contributed by atoms with Crippen molar-refractivity contribution in [2.75, 3.05) is 0 Å². The van der Waals surface area contributed by atoms with Crippen LogP contribution in [-0.4, -0.2) is 4.98 Å². The molecule has 2 N–H and O–H groups in total. The van der Waals surface area contributed by atoms with Gasteiger partial charge in [0.25, 0.3) is 0 Å². The van der Waals surface area contributed by atoms with Gasteiger partial charge in [0.05, 0.1) is 10.7 Å². The van der Waals surface area contributed by atoms with Crippen molar-refractivity contribution in [2.24, 2.45) is 5.73 Å². The summed E-state index contributed by atoms with van der Waals surface area (Å²) in [5.74, 6) is 1.32. The molecular weight excluding hydrogens is 268 g/mol. The molecule has 3 nitrogen and oxygen atoms in total. The van der Waals surface area contributed by atoms with E-state index < -0.39 is 0 Å². The van der Waals surface area contributed by atoms with Crippen LogP contribution in [0.4, 0.5) is 0 Å². The van der Waals surface area contributed by atoms with E-state index in [1.807, 2.05) is 19.1 Å². The smallest absolute Gasteiger partial charge is 0.131 e. The monoisotopic (exact) mass is 290 g/mol. The van der Waals surface area contributed by atoms with Gasteiger partial charge in [0.2, 0.25) is 0 Å². The van der Waals surface area contributed by atoms with E-state index in [1.54, 1.807) is 11.3 Å². The third-order valence-electron chi connectivity index (χ3n) is 3.09. The second-order valence-corrected chi connectivity index (χ2v) is 6.34. The van der Waals surface area contributed by atoms with E-state index in [9.17, 15) is 0 Å². The third kappa shape index (κ3) is 3.58. The van der Waals surface area contributed by atoms with Gasteiger partial charge in [-0.1, -0.05) is 31.5 Å². The zero-order valence-corrected chi connectivity index (χ0v) is 13.3. The summed E-state index contributed by atoms with van der Waals surface area (Å²) in [5.41, 5.74) is 9.22. The maximum absolute atomic E-state index is 6.00. The fourth-order valence-corrected chi connectivity index (χ4v) is 2.78. The van der Waals surface area contributed by atoms with E-state index in [0.29, 0.717) is 12.5 Å². The Morgan fingerprint density at radius 3 is 2.65 bits per heavy atom. The fraction of sp³-hybridized carbons (Fsp3) is 0.438. The van der Waals surface area contributed by atoms with Crippen molar-refractivity contribution in [3.63, 3.8) is 0 Å². The summed E-state index contributed by atoms with van der Waals surface area (Å²) in [6.45, 7) is 8.83. The molecule has 2 rings (SSSR count). The highest BCUT2D eigenvalue weighted by molar-refractivity contribution is 7.09. The highest BCUT2D eigenvalue weighted by Gasteiger charge is 2.10. The quantitative estimate of drug-likeness (QED) is 0.899. The first-order chi connectivity index (χ1) is 9.47. The molecule has 1 aromatic carbocycles. The maximum atomic E-state index is 6.00. The van der Waals surface area contributed by atoms with Crippen molar-refractivity contribution in [3.8, 4) is 5.75 Å². The molecule has 0 saturated heterocycles. The van der Waals surface area contributed by atoms with E-state index in [4.69, 9.17) is 10.5 Å². The van der Waals surface area contributed by atoms with Crippen LogP contribution < -0.4 is 10.5 Å². The van der Waals surface area contributed by atoms with E-state index >= 15 is 0 Å². The van der Waals surface area contributed by atoms with Gasteiger partial charge >= 0.3 is 0 Å². The van der Waals surface area contributed by atoms with Crippen molar-refractivity contribution in [1.29, 1.82) is 0 Å². The van der Waals surface area contributed by atoms with Crippen molar-refractivity contribution in [2.45, 2.75) is 46.3 Å². The lowest BCUT2D eigenvalue weighted by Crippen LogP contribution is -2.08. The lowest BCUT2D eigenvalue weighted by atomic mass is 10.1. The van der Waals surface area contributed by atoms with E-state index in [1.165, 1.54) is 5.56 Å². The number of benzene rings is 1. The number of hydrogen-bond acceptors (Lipinski definition) is 4. The van der Waals surface area contributed by atoms with Gasteiger partial charge in [-0.05, 0) is 19.9 Å². The van der Waals surface area contributed by atoms with E-state index in [-0.39, 0.29) is 6.04 Å². The number of rotatable bonds is 5. The van der Waals surface area contributed by atoms with Crippen molar-refractivity contribution >= 4 is 11.3 Å². The molecule has 0 saturated carbocycles. The molecule has 0 aliphatic rings. The van der Waals surface area contributed by atoms with Crippen LogP contribution in [0.3, 0.4) is 0 Å². The van der Waals surface area contributed by atoms with Crippen LogP contribution in [0.2, 0.25) is 0 Å². The minimum atomic E-state index is -0.0356. The molecule has 20 heavy (non-hydrogen) atoms. The summed E-state index contributed by atoms with van der Waals surface area (Å²) in [4.78, 5) is 4.58. The first-order valence-electron chi connectivity index (χ1n) is 6.90. The SMILES string of the molecule is Cc1ccc(OCc2csc(C(C)C)n2)c([C@H](C)N)c1. The first kappa shape index (κ1) is 15.0. The Balaban J connectivity index is 2.10. The normalized spacial score (nSPS) is 12.7. The van der Waals surface area contributed by atoms with Crippen molar-refractivity contribution in [3.05, 3.63) is 45.4 Å². The molecular formula is C16H22N2OS. The Bertz CT molecular complexity index is 576. The fourth-order valence-electron chi connectivity index (χ4n) is 1.96. The Labute approximate surface area is 124 Å². The van der Waals surface area contributed by atoms with Crippen LogP contribution >= 0.6 is 11.3 Å². The largest absolute Gasteiger partial charge is 0.487 e. The number of thiazole rings is 1. The predicted molar refractivity (Wildman–Crippen MR) is 84.3 cm³/mol. The molecule has 0 aliphatic heterocycles. The minimum absolute atomic E-state index is 0.0356. The summed E-state index contributed by atoms with van der Waals surface area (Å²) in [5, 5.41) is 3.22. The lowest BCUT2D eigenvalue weighted by Gasteiger charge is -2.14. The lowest BCUT2D eigenvalue weighted by molar-refractivity contribution is 0.297. The molecule has 0 fully saturated rings. The average molecular weight is 290 g/mol. The number of aromatic nitrogens is 1. The molecule has 1 atom stereocenters. The molecule has 1 heterocycles. The van der Waals surface area contributed by atoms with Gasteiger partial charge in [-0.2, -0.15) is 0 Å². The van der Waals surface area contributed by atoms with Gasteiger partial charge in [-0.15, -0.1) is 11.3 Å². The molecule has 2 aromatic rings. The Kier molecular flexibility index (Phi) is 4.78. The van der Waals surface area contributed by atoms with Gasteiger partial charge in [-0.3, -0.25) is 0 Å². The Morgan fingerprint density at radius 1 is 1.30 bits per heavy atom. The van der Waals surface area contributed by atoms with Gasteiger partial charge in [-0.25, -0.2) is 4.98 Å². The molecule has 0 amide bonds. The molecule has 108 valence electrons. The van der Waals surface area contributed by atoms with Gasteiger partial charge < -0.3 is 10.5 Å². The van der Waals surface area contributed by atoms with Crippen molar-refractivity contribution in [1.82, 2.24) is 4.98 Å². The second kappa shape index (κ2) is 6.37. The maximum Gasteiger partial charge on any atom is 0.131 e. The van der Waals surface area contributed by atoms with Crippen LogP contribution in [0.5, 0.6) is 5.75 Å².